The minimum Gasteiger partial charge on any atom is -0.383 e. The van der Waals surface area contributed by atoms with Crippen LogP contribution in [0.1, 0.15) is 23.9 Å². The van der Waals surface area contributed by atoms with E-state index in [-0.39, 0.29) is 0 Å². The highest BCUT2D eigenvalue weighted by molar-refractivity contribution is 7.13. The minimum atomic E-state index is 0.468. The second-order valence-electron chi connectivity index (χ2n) is 5.47. The smallest absolute Gasteiger partial charge is 0.188 e. The van der Waals surface area contributed by atoms with E-state index in [9.17, 15) is 0 Å². The highest BCUT2D eigenvalue weighted by Gasteiger charge is 2.25. The number of rotatable bonds is 6. The maximum atomic E-state index is 5.16. The number of thiazole rings is 1. The van der Waals surface area contributed by atoms with Crippen molar-refractivity contribution in [2.24, 2.45) is 0 Å². The average molecular weight is 319 g/mol. The van der Waals surface area contributed by atoms with Gasteiger partial charge in [-0.25, -0.2) is 15.0 Å². The summed E-state index contributed by atoms with van der Waals surface area (Å²) in [6, 6.07) is 2.05. The zero-order valence-electron chi connectivity index (χ0n) is 13.0. The molecule has 0 saturated carbocycles. The van der Waals surface area contributed by atoms with Gasteiger partial charge in [-0.3, -0.25) is 0 Å². The molecule has 0 bridgehead atoms. The molecular formula is C15H21N5OS. The normalized spacial score (nSPS) is 18.7. The molecule has 0 radical (unpaired) electrons. The van der Waals surface area contributed by atoms with E-state index in [1.165, 1.54) is 0 Å². The van der Waals surface area contributed by atoms with Gasteiger partial charge in [0.05, 0.1) is 12.3 Å². The van der Waals surface area contributed by atoms with Crippen molar-refractivity contribution in [1.29, 1.82) is 0 Å². The number of nitrogens with zero attached hydrogens (tertiary/aromatic N) is 4. The van der Waals surface area contributed by atoms with Crippen molar-refractivity contribution in [3.63, 3.8) is 0 Å². The van der Waals surface area contributed by atoms with E-state index in [1.807, 2.05) is 12.3 Å². The first-order chi connectivity index (χ1) is 10.7. The first-order valence-corrected chi connectivity index (χ1v) is 8.36. The Morgan fingerprint density at radius 3 is 3.14 bits per heavy atom. The van der Waals surface area contributed by atoms with Gasteiger partial charge in [-0.2, -0.15) is 0 Å². The third kappa shape index (κ3) is 3.79. The van der Waals surface area contributed by atoms with E-state index in [0.29, 0.717) is 5.92 Å². The molecule has 1 N–H and O–H groups in total. The quantitative estimate of drug-likeness (QED) is 0.882. The molecule has 0 spiro atoms. The third-order valence-corrected chi connectivity index (χ3v) is 4.52. The van der Waals surface area contributed by atoms with Gasteiger partial charge >= 0.3 is 0 Å². The molecule has 0 aliphatic carbocycles. The Morgan fingerprint density at radius 2 is 2.36 bits per heavy atom. The van der Waals surface area contributed by atoms with Crippen molar-refractivity contribution >= 4 is 22.3 Å². The van der Waals surface area contributed by atoms with Gasteiger partial charge in [-0.1, -0.05) is 0 Å². The molecule has 1 aliphatic rings. The number of aryl methyl sites for hydroxylation is 1. The summed E-state index contributed by atoms with van der Waals surface area (Å²) in [5, 5.41) is 6.06. The third-order valence-electron chi connectivity index (χ3n) is 3.83. The highest BCUT2D eigenvalue weighted by Crippen LogP contribution is 2.28. The Kier molecular flexibility index (Phi) is 4.97. The topological polar surface area (TPSA) is 63.2 Å². The molecule has 0 amide bonds. The molecule has 1 aliphatic heterocycles. The SMILES string of the molecule is COCCN1CCC(c2cc(Nc3nccs3)nc(C)n2)C1. The lowest BCUT2D eigenvalue weighted by Gasteiger charge is -2.15. The van der Waals surface area contributed by atoms with E-state index in [2.05, 4.69) is 31.2 Å². The number of nitrogens with one attached hydrogen (secondary N) is 1. The lowest BCUT2D eigenvalue weighted by atomic mass is 10.0. The number of aromatic nitrogens is 3. The van der Waals surface area contributed by atoms with E-state index < -0.39 is 0 Å². The van der Waals surface area contributed by atoms with Crippen LogP contribution in [0.5, 0.6) is 0 Å². The Labute approximate surface area is 134 Å². The van der Waals surface area contributed by atoms with Gasteiger partial charge in [0.1, 0.15) is 11.6 Å². The summed E-state index contributed by atoms with van der Waals surface area (Å²) >= 11 is 1.57. The van der Waals surface area contributed by atoms with Gasteiger partial charge in [0.2, 0.25) is 0 Å². The minimum absolute atomic E-state index is 0.468. The van der Waals surface area contributed by atoms with Crippen LogP contribution in [0.25, 0.3) is 0 Å². The lowest BCUT2D eigenvalue weighted by molar-refractivity contribution is 0.160. The first kappa shape index (κ1) is 15.3. The number of ether oxygens (including phenoxy) is 1. The van der Waals surface area contributed by atoms with E-state index in [4.69, 9.17) is 4.74 Å². The van der Waals surface area contributed by atoms with E-state index in [1.54, 1.807) is 24.6 Å². The van der Waals surface area contributed by atoms with Gasteiger partial charge in [-0.05, 0) is 19.9 Å². The van der Waals surface area contributed by atoms with Crippen LogP contribution < -0.4 is 5.32 Å². The van der Waals surface area contributed by atoms with Crippen molar-refractivity contribution in [1.82, 2.24) is 19.9 Å². The van der Waals surface area contributed by atoms with Crippen molar-refractivity contribution in [3.8, 4) is 0 Å². The van der Waals surface area contributed by atoms with Crippen molar-refractivity contribution in [3.05, 3.63) is 29.2 Å². The van der Waals surface area contributed by atoms with Crippen LogP contribution in [0, 0.1) is 6.92 Å². The number of hydrogen-bond donors (Lipinski definition) is 1. The summed E-state index contributed by atoms with van der Waals surface area (Å²) in [5.41, 5.74) is 1.12. The predicted molar refractivity (Wildman–Crippen MR) is 87.8 cm³/mol. The number of anilines is 2. The Balaban J connectivity index is 1.70. The molecule has 2 aromatic rings. The fourth-order valence-corrected chi connectivity index (χ4v) is 3.29. The van der Waals surface area contributed by atoms with Crippen LogP contribution in [-0.4, -0.2) is 53.2 Å². The molecule has 1 saturated heterocycles. The van der Waals surface area contributed by atoms with Crippen LogP contribution in [0.4, 0.5) is 10.9 Å². The number of likely N-dealkylation sites (tertiary alicyclic amines) is 1. The highest BCUT2D eigenvalue weighted by atomic mass is 32.1. The van der Waals surface area contributed by atoms with Gasteiger partial charge in [-0.15, -0.1) is 11.3 Å². The summed E-state index contributed by atoms with van der Waals surface area (Å²) in [7, 11) is 1.75. The average Bonchev–Trinajstić information content (AvgIpc) is 3.16. The van der Waals surface area contributed by atoms with Gasteiger partial charge < -0.3 is 15.0 Å². The zero-order valence-corrected chi connectivity index (χ0v) is 13.8. The Bertz CT molecular complexity index is 604. The zero-order chi connectivity index (χ0) is 15.4. The molecule has 3 heterocycles. The molecule has 6 nitrogen and oxygen atoms in total. The first-order valence-electron chi connectivity index (χ1n) is 7.48. The van der Waals surface area contributed by atoms with Crippen LogP contribution in [-0.2, 0) is 4.74 Å². The molecule has 22 heavy (non-hydrogen) atoms. The van der Waals surface area contributed by atoms with Gasteiger partial charge in [0.25, 0.3) is 0 Å². The van der Waals surface area contributed by atoms with E-state index in [0.717, 1.165) is 55.1 Å². The molecular weight excluding hydrogens is 298 g/mol. The summed E-state index contributed by atoms with van der Waals surface area (Å²) < 4.78 is 5.16. The second kappa shape index (κ2) is 7.13. The molecule has 118 valence electrons. The monoisotopic (exact) mass is 319 g/mol. The Hall–Kier alpha value is -1.57. The molecule has 1 fully saturated rings. The maximum absolute atomic E-state index is 5.16. The molecule has 2 aromatic heterocycles. The van der Waals surface area contributed by atoms with Crippen LogP contribution in [0.15, 0.2) is 17.6 Å². The summed E-state index contributed by atoms with van der Waals surface area (Å²) in [4.78, 5) is 15.8. The number of methoxy groups -OCH3 is 1. The second-order valence-corrected chi connectivity index (χ2v) is 6.36. The number of hydrogen-bond acceptors (Lipinski definition) is 7. The fourth-order valence-electron chi connectivity index (χ4n) is 2.76. The predicted octanol–water partition coefficient (Wildman–Crippen LogP) is 2.42. The molecule has 1 unspecified atom stereocenters. The fraction of sp³-hybridized carbons (Fsp3) is 0.533. The summed E-state index contributed by atoms with van der Waals surface area (Å²) in [6.07, 6.45) is 2.92. The summed E-state index contributed by atoms with van der Waals surface area (Å²) in [5.74, 6) is 2.09. The Morgan fingerprint density at radius 1 is 1.45 bits per heavy atom. The van der Waals surface area contributed by atoms with E-state index >= 15 is 0 Å². The van der Waals surface area contributed by atoms with Crippen LogP contribution >= 0.6 is 11.3 Å². The van der Waals surface area contributed by atoms with Crippen LogP contribution in [0.2, 0.25) is 0 Å². The standard InChI is InChI=1S/C15H21N5OS/c1-11-17-13(12-3-5-20(10-12)6-7-21-2)9-14(18-11)19-15-16-4-8-22-15/h4,8-9,12H,3,5-7,10H2,1-2H3,(H,16,17,18,19). The molecule has 1 atom stereocenters. The molecule has 0 aromatic carbocycles. The lowest BCUT2D eigenvalue weighted by Crippen LogP contribution is -2.24. The van der Waals surface area contributed by atoms with Crippen LogP contribution in [0.3, 0.4) is 0 Å². The van der Waals surface area contributed by atoms with Crippen molar-refractivity contribution in [2.75, 3.05) is 38.7 Å². The van der Waals surface area contributed by atoms with Gasteiger partial charge in [0, 0.05) is 43.8 Å². The van der Waals surface area contributed by atoms with Crippen molar-refractivity contribution in [2.45, 2.75) is 19.3 Å². The van der Waals surface area contributed by atoms with Crippen molar-refractivity contribution < 1.29 is 4.74 Å². The van der Waals surface area contributed by atoms with Gasteiger partial charge in [0.15, 0.2) is 5.13 Å². The largest absolute Gasteiger partial charge is 0.383 e. The maximum Gasteiger partial charge on any atom is 0.188 e. The molecule has 3 rings (SSSR count). The summed E-state index contributed by atoms with van der Waals surface area (Å²) in [6.45, 7) is 5.85. The molecule has 7 heteroatoms.